The van der Waals surface area contributed by atoms with E-state index in [9.17, 15) is 4.79 Å². The van der Waals surface area contributed by atoms with Crippen LogP contribution in [0.15, 0.2) is 18.2 Å². The van der Waals surface area contributed by atoms with E-state index in [1.807, 2.05) is 12.1 Å². The summed E-state index contributed by atoms with van der Waals surface area (Å²) in [6.45, 7) is 0.242. The monoisotopic (exact) mass is 253 g/mol. The topological polar surface area (TPSA) is 70.8 Å². The summed E-state index contributed by atoms with van der Waals surface area (Å²) in [6.07, 6.45) is 0.497. The SMILES string of the molecule is COC(=O)C(CN)Cc1cc(OC)cc(OC)c1. The Kier molecular flexibility index (Phi) is 5.45. The lowest BCUT2D eigenvalue weighted by Crippen LogP contribution is -2.26. The van der Waals surface area contributed by atoms with Crippen molar-refractivity contribution in [1.82, 2.24) is 0 Å². The summed E-state index contributed by atoms with van der Waals surface area (Å²) in [4.78, 5) is 11.5. The van der Waals surface area contributed by atoms with Gasteiger partial charge in [-0.15, -0.1) is 0 Å². The van der Waals surface area contributed by atoms with Crippen molar-refractivity contribution in [3.63, 3.8) is 0 Å². The molecule has 0 amide bonds. The zero-order valence-electron chi connectivity index (χ0n) is 10.9. The fourth-order valence-electron chi connectivity index (χ4n) is 1.70. The average molecular weight is 253 g/mol. The first-order valence-electron chi connectivity index (χ1n) is 5.64. The Morgan fingerprint density at radius 3 is 2.11 bits per heavy atom. The summed E-state index contributed by atoms with van der Waals surface area (Å²) in [7, 11) is 4.52. The molecule has 0 saturated heterocycles. The third-order valence-electron chi connectivity index (χ3n) is 2.71. The van der Waals surface area contributed by atoms with Crippen LogP contribution in [0.1, 0.15) is 5.56 Å². The third kappa shape index (κ3) is 3.63. The van der Waals surface area contributed by atoms with Gasteiger partial charge in [0, 0.05) is 12.6 Å². The van der Waals surface area contributed by atoms with Crippen LogP contribution < -0.4 is 15.2 Å². The van der Waals surface area contributed by atoms with Gasteiger partial charge in [0.05, 0.1) is 27.2 Å². The first kappa shape index (κ1) is 14.3. The molecule has 5 nitrogen and oxygen atoms in total. The zero-order valence-corrected chi connectivity index (χ0v) is 10.9. The van der Waals surface area contributed by atoms with Gasteiger partial charge in [-0.25, -0.2) is 0 Å². The van der Waals surface area contributed by atoms with Gasteiger partial charge in [0.15, 0.2) is 0 Å². The molecule has 1 aromatic rings. The standard InChI is InChI=1S/C13H19NO4/c1-16-11-5-9(6-12(7-11)17-2)4-10(8-14)13(15)18-3/h5-7,10H,4,8,14H2,1-3H3. The van der Waals surface area contributed by atoms with Crippen molar-refractivity contribution in [3.8, 4) is 11.5 Å². The second-order valence-corrected chi connectivity index (χ2v) is 3.88. The molecule has 1 aromatic carbocycles. The molecule has 0 aromatic heterocycles. The maximum Gasteiger partial charge on any atom is 0.310 e. The molecule has 0 aliphatic rings. The number of carbonyl (C=O) groups excluding carboxylic acids is 1. The Morgan fingerprint density at radius 2 is 1.72 bits per heavy atom. The summed E-state index contributed by atoms with van der Waals surface area (Å²) in [5.41, 5.74) is 6.50. The van der Waals surface area contributed by atoms with Crippen molar-refractivity contribution in [3.05, 3.63) is 23.8 Å². The van der Waals surface area contributed by atoms with Crippen LogP contribution in [0.25, 0.3) is 0 Å². The highest BCUT2D eigenvalue weighted by Gasteiger charge is 2.18. The Morgan fingerprint density at radius 1 is 1.17 bits per heavy atom. The molecular weight excluding hydrogens is 234 g/mol. The van der Waals surface area contributed by atoms with Crippen molar-refractivity contribution in [2.24, 2.45) is 11.7 Å². The number of methoxy groups -OCH3 is 3. The van der Waals surface area contributed by atoms with E-state index >= 15 is 0 Å². The minimum absolute atomic E-state index is 0.242. The molecule has 0 aliphatic carbocycles. The largest absolute Gasteiger partial charge is 0.497 e. The van der Waals surface area contributed by atoms with Crippen LogP contribution in [-0.4, -0.2) is 33.8 Å². The zero-order chi connectivity index (χ0) is 13.5. The number of carbonyl (C=O) groups is 1. The predicted molar refractivity (Wildman–Crippen MR) is 67.8 cm³/mol. The van der Waals surface area contributed by atoms with E-state index in [2.05, 4.69) is 0 Å². The summed E-state index contributed by atoms with van der Waals surface area (Å²) in [5.74, 6) is 0.709. The van der Waals surface area contributed by atoms with Crippen LogP contribution in [0.3, 0.4) is 0 Å². The summed E-state index contributed by atoms with van der Waals surface area (Å²) in [5, 5.41) is 0. The fourth-order valence-corrected chi connectivity index (χ4v) is 1.70. The van der Waals surface area contributed by atoms with Gasteiger partial charge < -0.3 is 19.9 Å². The summed E-state index contributed by atoms with van der Waals surface area (Å²) in [6, 6.07) is 5.49. The highest BCUT2D eigenvalue weighted by atomic mass is 16.5. The van der Waals surface area contributed by atoms with Crippen molar-refractivity contribution in [2.75, 3.05) is 27.9 Å². The quantitative estimate of drug-likeness (QED) is 0.766. The van der Waals surface area contributed by atoms with Crippen LogP contribution in [0.2, 0.25) is 0 Å². The normalized spacial score (nSPS) is 11.8. The predicted octanol–water partition coefficient (Wildman–Crippen LogP) is 0.994. The molecule has 0 fully saturated rings. The molecule has 0 aliphatic heterocycles. The minimum atomic E-state index is -0.355. The lowest BCUT2D eigenvalue weighted by atomic mass is 9.99. The molecular formula is C13H19NO4. The molecule has 0 radical (unpaired) electrons. The lowest BCUT2D eigenvalue weighted by Gasteiger charge is -2.14. The van der Waals surface area contributed by atoms with Gasteiger partial charge in [-0.05, 0) is 24.1 Å². The van der Waals surface area contributed by atoms with Crippen molar-refractivity contribution >= 4 is 5.97 Å². The number of esters is 1. The van der Waals surface area contributed by atoms with Crippen LogP contribution >= 0.6 is 0 Å². The molecule has 0 saturated carbocycles. The molecule has 18 heavy (non-hydrogen) atoms. The van der Waals surface area contributed by atoms with E-state index in [1.165, 1.54) is 7.11 Å². The highest BCUT2D eigenvalue weighted by molar-refractivity contribution is 5.73. The van der Waals surface area contributed by atoms with Crippen LogP contribution in [-0.2, 0) is 16.0 Å². The summed E-state index contributed by atoms with van der Waals surface area (Å²) < 4.78 is 15.1. The Labute approximate surface area is 107 Å². The summed E-state index contributed by atoms with van der Waals surface area (Å²) >= 11 is 0. The van der Waals surface area contributed by atoms with Crippen molar-refractivity contribution < 1.29 is 19.0 Å². The molecule has 0 spiro atoms. The first-order chi connectivity index (χ1) is 8.64. The third-order valence-corrected chi connectivity index (χ3v) is 2.71. The van der Waals surface area contributed by atoms with Gasteiger partial charge in [-0.1, -0.05) is 0 Å². The molecule has 0 bridgehead atoms. The number of hydrogen-bond acceptors (Lipinski definition) is 5. The van der Waals surface area contributed by atoms with E-state index in [0.717, 1.165) is 5.56 Å². The van der Waals surface area contributed by atoms with Crippen molar-refractivity contribution in [2.45, 2.75) is 6.42 Å². The lowest BCUT2D eigenvalue weighted by molar-refractivity contribution is -0.145. The average Bonchev–Trinajstić information content (AvgIpc) is 2.43. The first-order valence-corrected chi connectivity index (χ1v) is 5.64. The maximum atomic E-state index is 11.5. The molecule has 100 valence electrons. The molecule has 1 atom stereocenters. The van der Waals surface area contributed by atoms with Gasteiger partial charge in [0.2, 0.25) is 0 Å². The number of hydrogen-bond donors (Lipinski definition) is 1. The number of benzene rings is 1. The maximum absolute atomic E-state index is 11.5. The van der Waals surface area contributed by atoms with E-state index < -0.39 is 0 Å². The second-order valence-electron chi connectivity index (χ2n) is 3.88. The molecule has 5 heteroatoms. The Balaban J connectivity index is 2.91. The molecule has 1 rings (SSSR count). The highest BCUT2D eigenvalue weighted by Crippen LogP contribution is 2.24. The van der Waals surface area contributed by atoms with Crippen LogP contribution in [0, 0.1) is 5.92 Å². The van der Waals surface area contributed by atoms with Gasteiger partial charge in [0.25, 0.3) is 0 Å². The Hall–Kier alpha value is -1.75. The van der Waals surface area contributed by atoms with Crippen molar-refractivity contribution in [1.29, 1.82) is 0 Å². The van der Waals surface area contributed by atoms with Crippen LogP contribution in [0.4, 0.5) is 0 Å². The number of rotatable bonds is 6. The number of nitrogens with two attached hydrogens (primary N) is 1. The van der Waals surface area contributed by atoms with Gasteiger partial charge in [-0.3, -0.25) is 4.79 Å². The minimum Gasteiger partial charge on any atom is -0.497 e. The second kappa shape index (κ2) is 6.86. The smallest absolute Gasteiger partial charge is 0.310 e. The molecule has 1 unspecified atom stereocenters. The van der Waals surface area contributed by atoms with E-state index in [-0.39, 0.29) is 18.4 Å². The van der Waals surface area contributed by atoms with E-state index in [4.69, 9.17) is 19.9 Å². The fraction of sp³-hybridized carbons (Fsp3) is 0.462. The van der Waals surface area contributed by atoms with E-state index in [1.54, 1.807) is 20.3 Å². The van der Waals surface area contributed by atoms with E-state index in [0.29, 0.717) is 17.9 Å². The van der Waals surface area contributed by atoms with Crippen LogP contribution in [0.5, 0.6) is 11.5 Å². The molecule has 2 N–H and O–H groups in total. The van der Waals surface area contributed by atoms with Gasteiger partial charge in [-0.2, -0.15) is 0 Å². The number of ether oxygens (including phenoxy) is 3. The van der Waals surface area contributed by atoms with Gasteiger partial charge >= 0.3 is 5.97 Å². The Bertz CT molecular complexity index is 384. The van der Waals surface area contributed by atoms with Gasteiger partial charge in [0.1, 0.15) is 11.5 Å². The molecule has 0 heterocycles.